The van der Waals surface area contributed by atoms with Gasteiger partial charge < -0.3 is 5.11 Å². The number of carbonyl (C=O) groups is 2. The van der Waals surface area contributed by atoms with Crippen molar-refractivity contribution in [3.05, 3.63) is 57.8 Å². The molecule has 0 bridgehead atoms. The summed E-state index contributed by atoms with van der Waals surface area (Å²) < 4.78 is 0. The van der Waals surface area contributed by atoms with Gasteiger partial charge >= 0.3 is 5.97 Å². The monoisotopic (exact) mass is 232 g/mol. The predicted molar refractivity (Wildman–Crippen MR) is 61.2 cm³/mol. The van der Waals surface area contributed by atoms with Crippen LogP contribution in [0.4, 0.5) is 0 Å². The van der Waals surface area contributed by atoms with Crippen molar-refractivity contribution in [3.8, 4) is 0 Å². The van der Waals surface area contributed by atoms with Crippen LogP contribution in [0.1, 0.15) is 25.6 Å². The van der Waals surface area contributed by atoms with Crippen LogP contribution in [0.5, 0.6) is 0 Å². The van der Waals surface area contributed by atoms with Gasteiger partial charge in [0.15, 0.2) is 0 Å². The molecule has 0 aliphatic rings. The fourth-order valence-corrected chi connectivity index (χ4v) is 2.03. The molecule has 0 atom stereocenters. The molecule has 16 heavy (non-hydrogen) atoms. The summed E-state index contributed by atoms with van der Waals surface area (Å²) in [5, 5.41) is 10.6. The summed E-state index contributed by atoms with van der Waals surface area (Å²) in [7, 11) is 0. The lowest BCUT2D eigenvalue weighted by Gasteiger charge is -1.99. The molecule has 0 saturated carbocycles. The molecule has 0 unspecified atom stereocenters. The largest absolute Gasteiger partial charge is 0.478 e. The molecule has 0 spiro atoms. The van der Waals surface area contributed by atoms with Gasteiger partial charge in [-0.2, -0.15) is 0 Å². The molecular formula is C12H8O3S. The molecule has 1 aromatic carbocycles. The minimum atomic E-state index is -1.03. The Morgan fingerprint density at radius 3 is 2.44 bits per heavy atom. The highest BCUT2D eigenvalue weighted by molar-refractivity contribution is 7.12. The summed E-state index contributed by atoms with van der Waals surface area (Å²) in [6.45, 7) is 0. The molecule has 80 valence electrons. The van der Waals surface area contributed by atoms with Crippen molar-refractivity contribution < 1.29 is 14.7 Å². The summed E-state index contributed by atoms with van der Waals surface area (Å²) in [5.41, 5.74) is 0.532. The maximum Gasteiger partial charge on any atom is 0.335 e. The fourth-order valence-electron chi connectivity index (χ4n) is 1.34. The Balaban J connectivity index is 2.38. The highest BCUT2D eigenvalue weighted by Gasteiger charge is 2.11. The Bertz CT molecular complexity index is 529. The average Bonchev–Trinajstić information content (AvgIpc) is 2.81. The van der Waals surface area contributed by atoms with E-state index in [-0.39, 0.29) is 11.3 Å². The van der Waals surface area contributed by atoms with Gasteiger partial charge in [0.2, 0.25) is 5.78 Å². The number of carbonyl (C=O) groups excluding carboxylic acids is 1. The number of rotatable bonds is 3. The van der Waals surface area contributed by atoms with E-state index in [9.17, 15) is 9.59 Å². The van der Waals surface area contributed by atoms with Crippen LogP contribution in [0.25, 0.3) is 0 Å². The number of hydrogen-bond acceptors (Lipinski definition) is 3. The lowest BCUT2D eigenvalue weighted by molar-refractivity contribution is 0.0697. The van der Waals surface area contributed by atoms with Crippen LogP contribution in [0.15, 0.2) is 41.8 Å². The van der Waals surface area contributed by atoms with Gasteiger partial charge in [-0.05, 0) is 23.6 Å². The number of ketones is 1. The quantitative estimate of drug-likeness (QED) is 0.828. The van der Waals surface area contributed by atoms with Gasteiger partial charge in [0.1, 0.15) is 0 Å². The number of benzene rings is 1. The maximum absolute atomic E-state index is 11.9. The smallest absolute Gasteiger partial charge is 0.335 e. The van der Waals surface area contributed by atoms with Crippen molar-refractivity contribution in [2.75, 3.05) is 0 Å². The lowest BCUT2D eigenvalue weighted by Crippen LogP contribution is -2.02. The summed E-state index contributed by atoms with van der Waals surface area (Å²) >= 11 is 1.34. The molecular weight excluding hydrogens is 224 g/mol. The summed E-state index contributed by atoms with van der Waals surface area (Å²) in [4.78, 5) is 23.3. The van der Waals surface area contributed by atoms with Crippen molar-refractivity contribution in [1.29, 1.82) is 0 Å². The third-order valence-corrected chi connectivity index (χ3v) is 2.99. The van der Waals surface area contributed by atoms with Gasteiger partial charge in [0, 0.05) is 5.56 Å². The molecule has 2 aromatic rings. The van der Waals surface area contributed by atoms with Crippen LogP contribution in [0.3, 0.4) is 0 Å². The second-order valence-corrected chi connectivity index (χ2v) is 4.14. The van der Waals surface area contributed by atoms with E-state index in [0.29, 0.717) is 10.4 Å². The van der Waals surface area contributed by atoms with Crippen LogP contribution in [0.2, 0.25) is 0 Å². The first-order valence-electron chi connectivity index (χ1n) is 4.60. The summed E-state index contributed by atoms with van der Waals surface area (Å²) in [6.07, 6.45) is 0. The van der Waals surface area contributed by atoms with E-state index in [1.54, 1.807) is 24.3 Å². The maximum atomic E-state index is 11.9. The summed E-state index contributed by atoms with van der Waals surface area (Å²) in [5.74, 6) is -1.17. The first kappa shape index (κ1) is 10.6. The van der Waals surface area contributed by atoms with Crippen LogP contribution in [0, 0.1) is 0 Å². The Kier molecular flexibility index (Phi) is 2.83. The van der Waals surface area contributed by atoms with E-state index in [1.807, 2.05) is 5.38 Å². The first-order valence-corrected chi connectivity index (χ1v) is 5.48. The van der Waals surface area contributed by atoms with Gasteiger partial charge in [-0.15, -0.1) is 11.3 Å². The van der Waals surface area contributed by atoms with Gasteiger partial charge in [0.05, 0.1) is 10.4 Å². The molecule has 0 radical (unpaired) electrons. The highest BCUT2D eigenvalue weighted by Crippen LogP contribution is 2.16. The normalized spacial score (nSPS) is 10.0. The minimum absolute atomic E-state index is 0.127. The van der Waals surface area contributed by atoms with E-state index >= 15 is 0 Å². The molecule has 0 amide bonds. The first-order chi connectivity index (χ1) is 7.68. The van der Waals surface area contributed by atoms with Crippen molar-refractivity contribution in [3.63, 3.8) is 0 Å². The number of aromatic carboxylic acids is 1. The zero-order valence-corrected chi connectivity index (χ0v) is 9.03. The van der Waals surface area contributed by atoms with Crippen LogP contribution < -0.4 is 0 Å². The van der Waals surface area contributed by atoms with Crippen molar-refractivity contribution in [1.82, 2.24) is 0 Å². The molecule has 1 N–H and O–H groups in total. The van der Waals surface area contributed by atoms with Crippen molar-refractivity contribution in [2.24, 2.45) is 0 Å². The third-order valence-electron chi connectivity index (χ3n) is 2.12. The fraction of sp³-hybridized carbons (Fsp3) is 0. The van der Waals surface area contributed by atoms with E-state index in [1.165, 1.54) is 23.5 Å². The molecule has 3 nitrogen and oxygen atoms in total. The van der Waals surface area contributed by atoms with E-state index in [4.69, 9.17) is 5.11 Å². The third kappa shape index (κ3) is 2.01. The molecule has 0 aliphatic heterocycles. The van der Waals surface area contributed by atoms with Crippen molar-refractivity contribution in [2.45, 2.75) is 0 Å². The predicted octanol–water partition coefficient (Wildman–Crippen LogP) is 2.68. The van der Waals surface area contributed by atoms with Crippen molar-refractivity contribution >= 4 is 23.1 Å². The second kappa shape index (κ2) is 4.28. The van der Waals surface area contributed by atoms with Gasteiger partial charge in [-0.1, -0.05) is 18.2 Å². The lowest BCUT2D eigenvalue weighted by atomic mass is 10.1. The molecule has 1 heterocycles. The molecule has 0 fully saturated rings. The standard InChI is InChI=1S/C12H8O3S/c13-11(10-5-2-6-16-10)8-3-1-4-9(7-8)12(14)15/h1-7H,(H,14,15). The zero-order valence-electron chi connectivity index (χ0n) is 8.21. The molecule has 1 aromatic heterocycles. The van der Waals surface area contributed by atoms with Gasteiger partial charge in [-0.3, -0.25) is 4.79 Å². The van der Waals surface area contributed by atoms with Gasteiger partial charge in [0.25, 0.3) is 0 Å². The van der Waals surface area contributed by atoms with E-state index < -0.39 is 5.97 Å². The minimum Gasteiger partial charge on any atom is -0.478 e. The number of carboxylic acids is 1. The van der Waals surface area contributed by atoms with E-state index in [2.05, 4.69) is 0 Å². The highest BCUT2D eigenvalue weighted by atomic mass is 32.1. The van der Waals surface area contributed by atoms with Gasteiger partial charge in [-0.25, -0.2) is 4.79 Å². The molecule has 0 saturated heterocycles. The van der Waals surface area contributed by atoms with Crippen LogP contribution >= 0.6 is 11.3 Å². The Morgan fingerprint density at radius 2 is 1.81 bits per heavy atom. The number of hydrogen-bond donors (Lipinski definition) is 1. The Morgan fingerprint density at radius 1 is 1.06 bits per heavy atom. The van der Waals surface area contributed by atoms with Crippen LogP contribution in [-0.2, 0) is 0 Å². The molecule has 0 aliphatic carbocycles. The number of thiophene rings is 1. The molecule has 2 rings (SSSR count). The Labute approximate surface area is 96.0 Å². The Hall–Kier alpha value is -1.94. The van der Waals surface area contributed by atoms with E-state index in [0.717, 1.165) is 0 Å². The SMILES string of the molecule is O=C(O)c1cccc(C(=O)c2cccs2)c1. The second-order valence-electron chi connectivity index (χ2n) is 3.19. The zero-order chi connectivity index (χ0) is 11.5. The summed E-state index contributed by atoms with van der Waals surface area (Å²) in [6, 6.07) is 9.57. The number of carboxylic acid groups (broad SMARTS) is 1. The average molecular weight is 232 g/mol. The molecule has 4 heteroatoms. The topological polar surface area (TPSA) is 54.4 Å². The van der Waals surface area contributed by atoms with Crippen LogP contribution in [-0.4, -0.2) is 16.9 Å².